The van der Waals surface area contributed by atoms with Crippen molar-refractivity contribution in [3.05, 3.63) is 21.9 Å². The van der Waals surface area contributed by atoms with Gasteiger partial charge in [-0.25, -0.2) is 4.79 Å². The largest absolute Gasteiger partial charge is 0.368 e. The molecule has 1 heterocycles. The third kappa shape index (κ3) is 5.74. The van der Waals surface area contributed by atoms with E-state index in [1.165, 1.54) is 4.88 Å². The van der Waals surface area contributed by atoms with Gasteiger partial charge in [0.2, 0.25) is 5.91 Å². The molecule has 0 radical (unpaired) electrons. The van der Waals surface area contributed by atoms with Crippen molar-refractivity contribution in [1.82, 2.24) is 10.6 Å². The quantitative estimate of drug-likeness (QED) is 0.714. The molecule has 6 heteroatoms. The van der Waals surface area contributed by atoms with Gasteiger partial charge in [0, 0.05) is 9.75 Å². The van der Waals surface area contributed by atoms with E-state index in [1.54, 1.807) is 11.3 Å². The molecule has 1 rings (SSSR count). The van der Waals surface area contributed by atoms with Crippen LogP contribution in [0.4, 0.5) is 4.79 Å². The fraction of sp³-hybridized carbons (Fsp3) is 0.538. The Balaban J connectivity index is 2.37. The summed E-state index contributed by atoms with van der Waals surface area (Å²) in [5.41, 5.74) is 5.26. The number of hydrogen-bond acceptors (Lipinski definition) is 3. The van der Waals surface area contributed by atoms with Gasteiger partial charge in [-0.2, -0.15) is 0 Å². The number of thiophene rings is 1. The second kappa shape index (κ2) is 7.78. The van der Waals surface area contributed by atoms with E-state index in [2.05, 4.69) is 10.6 Å². The molecular weight excluding hydrogens is 262 g/mol. The Morgan fingerprint density at radius 2 is 2.16 bits per heavy atom. The van der Waals surface area contributed by atoms with Crippen LogP contribution >= 0.6 is 11.3 Å². The molecule has 0 bridgehead atoms. The minimum Gasteiger partial charge on any atom is -0.368 e. The Morgan fingerprint density at radius 3 is 2.68 bits per heavy atom. The Hall–Kier alpha value is -1.56. The van der Waals surface area contributed by atoms with Crippen molar-refractivity contribution >= 4 is 23.3 Å². The number of rotatable bonds is 7. The monoisotopic (exact) mass is 283 g/mol. The van der Waals surface area contributed by atoms with Crippen LogP contribution in [-0.4, -0.2) is 18.0 Å². The Bertz CT molecular complexity index is 431. The third-order valence-electron chi connectivity index (χ3n) is 2.71. The predicted octanol–water partition coefficient (Wildman–Crippen LogP) is 1.90. The summed E-state index contributed by atoms with van der Waals surface area (Å²) in [7, 11) is 0. The summed E-state index contributed by atoms with van der Waals surface area (Å²) < 4.78 is 0. The third-order valence-corrected chi connectivity index (χ3v) is 3.71. The van der Waals surface area contributed by atoms with Crippen molar-refractivity contribution in [2.45, 2.75) is 45.7 Å². The number of carbonyl (C=O) groups is 2. The van der Waals surface area contributed by atoms with Crippen LogP contribution in [0.25, 0.3) is 0 Å². The zero-order valence-corrected chi connectivity index (χ0v) is 12.2. The normalized spacial score (nSPS) is 11.9. The van der Waals surface area contributed by atoms with E-state index in [4.69, 9.17) is 5.73 Å². The Labute approximate surface area is 117 Å². The summed E-state index contributed by atoms with van der Waals surface area (Å²) in [6, 6.07) is 3.03. The standard InChI is InChI=1S/C13H21N3O2S/c1-3-4-5-11(12(14)17)16-13(18)15-8-10-7-6-9(2)19-10/h6-7,11H,3-5,8H2,1-2H3,(H2,14,17)(H2,15,16,18). The van der Waals surface area contributed by atoms with E-state index in [9.17, 15) is 9.59 Å². The fourth-order valence-electron chi connectivity index (χ4n) is 1.65. The predicted molar refractivity (Wildman–Crippen MR) is 76.9 cm³/mol. The number of aryl methyl sites for hydroxylation is 1. The molecule has 0 spiro atoms. The molecule has 0 fully saturated rings. The Morgan fingerprint density at radius 1 is 1.42 bits per heavy atom. The average Bonchev–Trinajstić information content (AvgIpc) is 2.77. The molecule has 0 saturated carbocycles. The van der Waals surface area contributed by atoms with Crippen LogP contribution in [0.2, 0.25) is 0 Å². The van der Waals surface area contributed by atoms with Gasteiger partial charge in [0.15, 0.2) is 0 Å². The highest BCUT2D eigenvalue weighted by atomic mass is 32.1. The molecule has 1 unspecified atom stereocenters. The van der Waals surface area contributed by atoms with Crippen molar-refractivity contribution in [3.8, 4) is 0 Å². The number of hydrogen-bond donors (Lipinski definition) is 3. The lowest BCUT2D eigenvalue weighted by molar-refractivity contribution is -0.119. The second-order valence-corrected chi connectivity index (χ2v) is 5.81. The van der Waals surface area contributed by atoms with E-state index in [-0.39, 0.29) is 6.03 Å². The molecule has 5 nitrogen and oxygen atoms in total. The number of amides is 3. The van der Waals surface area contributed by atoms with Crippen molar-refractivity contribution in [2.75, 3.05) is 0 Å². The minimum atomic E-state index is -0.593. The molecule has 106 valence electrons. The topological polar surface area (TPSA) is 84.2 Å². The second-order valence-electron chi connectivity index (χ2n) is 4.44. The lowest BCUT2D eigenvalue weighted by Crippen LogP contribution is -2.48. The Kier molecular flexibility index (Phi) is 6.35. The number of unbranched alkanes of at least 4 members (excludes halogenated alkanes) is 1. The number of nitrogens with two attached hydrogens (primary N) is 1. The van der Waals surface area contributed by atoms with Crippen LogP contribution in [0, 0.1) is 6.92 Å². The average molecular weight is 283 g/mol. The molecule has 3 amide bonds. The molecule has 0 aromatic carbocycles. The van der Waals surface area contributed by atoms with Crippen LogP contribution in [0.1, 0.15) is 35.9 Å². The SMILES string of the molecule is CCCCC(NC(=O)NCc1ccc(C)s1)C(N)=O. The number of urea groups is 1. The smallest absolute Gasteiger partial charge is 0.315 e. The zero-order chi connectivity index (χ0) is 14.3. The van der Waals surface area contributed by atoms with E-state index < -0.39 is 11.9 Å². The minimum absolute atomic E-state index is 0.356. The maximum atomic E-state index is 11.7. The molecule has 4 N–H and O–H groups in total. The molecule has 0 aliphatic heterocycles. The van der Waals surface area contributed by atoms with Crippen LogP contribution < -0.4 is 16.4 Å². The van der Waals surface area contributed by atoms with Crippen LogP contribution in [0.15, 0.2) is 12.1 Å². The highest BCUT2D eigenvalue weighted by molar-refractivity contribution is 7.11. The van der Waals surface area contributed by atoms with Gasteiger partial charge in [0.25, 0.3) is 0 Å². The van der Waals surface area contributed by atoms with Crippen molar-refractivity contribution in [1.29, 1.82) is 0 Å². The molecule has 0 saturated heterocycles. The van der Waals surface area contributed by atoms with E-state index in [0.717, 1.165) is 17.7 Å². The molecule has 1 atom stereocenters. The van der Waals surface area contributed by atoms with Gasteiger partial charge in [0.05, 0.1) is 6.54 Å². The zero-order valence-electron chi connectivity index (χ0n) is 11.4. The molecule has 0 aliphatic carbocycles. The summed E-state index contributed by atoms with van der Waals surface area (Å²) in [6.07, 6.45) is 2.40. The fourth-order valence-corrected chi connectivity index (χ4v) is 2.48. The summed E-state index contributed by atoms with van der Waals surface area (Å²) in [6.45, 7) is 4.50. The van der Waals surface area contributed by atoms with Crippen molar-refractivity contribution in [3.63, 3.8) is 0 Å². The first-order valence-electron chi connectivity index (χ1n) is 6.42. The molecule has 0 aliphatic rings. The van der Waals surface area contributed by atoms with E-state index in [1.807, 2.05) is 26.0 Å². The maximum absolute atomic E-state index is 11.7. The van der Waals surface area contributed by atoms with Gasteiger partial charge in [0.1, 0.15) is 6.04 Å². The maximum Gasteiger partial charge on any atom is 0.315 e. The molecule has 1 aromatic heterocycles. The van der Waals surface area contributed by atoms with E-state index in [0.29, 0.717) is 13.0 Å². The summed E-state index contributed by atoms with van der Waals surface area (Å²) in [5, 5.41) is 5.34. The van der Waals surface area contributed by atoms with Crippen LogP contribution in [0.3, 0.4) is 0 Å². The number of nitrogens with one attached hydrogen (secondary N) is 2. The van der Waals surface area contributed by atoms with E-state index >= 15 is 0 Å². The summed E-state index contributed by atoms with van der Waals surface area (Å²) in [4.78, 5) is 25.2. The van der Waals surface area contributed by atoms with Crippen LogP contribution in [-0.2, 0) is 11.3 Å². The molecule has 1 aromatic rings. The van der Waals surface area contributed by atoms with Gasteiger partial charge in [-0.05, 0) is 25.5 Å². The first-order valence-corrected chi connectivity index (χ1v) is 7.23. The first kappa shape index (κ1) is 15.5. The molecular formula is C13H21N3O2S. The number of primary amides is 1. The highest BCUT2D eigenvalue weighted by Gasteiger charge is 2.16. The van der Waals surface area contributed by atoms with Gasteiger partial charge in [-0.1, -0.05) is 19.8 Å². The highest BCUT2D eigenvalue weighted by Crippen LogP contribution is 2.14. The number of carbonyl (C=O) groups excluding carboxylic acids is 2. The molecule has 19 heavy (non-hydrogen) atoms. The van der Waals surface area contributed by atoms with Gasteiger partial charge in [-0.15, -0.1) is 11.3 Å². The van der Waals surface area contributed by atoms with Gasteiger partial charge in [-0.3, -0.25) is 4.79 Å². The summed E-state index contributed by atoms with van der Waals surface area (Å²) >= 11 is 1.63. The van der Waals surface area contributed by atoms with Crippen LogP contribution in [0.5, 0.6) is 0 Å². The first-order chi connectivity index (χ1) is 9.02. The lowest BCUT2D eigenvalue weighted by Gasteiger charge is -2.15. The van der Waals surface area contributed by atoms with Gasteiger partial charge >= 0.3 is 6.03 Å². The van der Waals surface area contributed by atoms with Crippen molar-refractivity contribution in [2.24, 2.45) is 5.73 Å². The summed E-state index contributed by atoms with van der Waals surface area (Å²) in [5.74, 6) is -0.490. The lowest BCUT2D eigenvalue weighted by atomic mass is 10.1. The van der Waals surface area contributed by atoms with Crippen molar-refractivity contribution < 1.29 is 9.59 Å². The van der Waals surface area contributed by atoms with Gasteiger partial charge < -0.3 is 16.4 Å².